The second-order valence-corrected chi connectivity index (χ2v) is 6.63. The first-order valence-corrected chi connectivity index (χ1v) is 8.65. The van der Waals surface area contributed by atoms with Gasteiger partial charge < -0.3 is 15.4 Å². The Morgan fingerprint density at radius 2 is 1.92 bits per heavy atom. The molecular weight excluding hydrogens is 317 g/mol. The molecule has 2 N–H and O–H groups in total. The van der Waals surface area contributed by atoms with Crippen molar-refractivity contribution in [3.63, 3.8) is 0 Å². The van der Waals surface area contributed by atoms with Gasteiger partial charge in [0, 0.05) is 12.2 Å². The molecule has 0 aliphatic carbocycles. The summed E-state index contributed by atoms with van der Waals surface area (Å²) in [4.78, 5) is 4.31. The molecule has 0 amide bonds. The average molecular weight is 341 g/mol. The highest BCUT2D eigenvalue weighted by Gasteiger charge is 2.08. The van der Waals surface area contributed by atoms with Crippen LogP contribution in [-0.4, -0.2) is 25.7 Å². The maximum atomic E-state index is 14.1. The topological polar surface area (TPSA) is 45.6 Å². The van der Waals surface area contributed by atoms with Crippen molar-refractivity contribution in [1.82, 2.24) is 5.32 Å². The van der Waals surface area contributed by atoms with E-state index in [2.05, 4.69) is 15.6 Å². The van der Waals surface area contributed by atoms with Gasteiger partial charge in [0.25, 0.3) is 0 Å². The zero-order valence-electron chi connectivity index (χ0n) is 14.7. The molecule has 1 heterocycles. The third-order valence-corrected chi connectivity index (χ3v) is 3.87. The molecule has 25 heavy (non-hydrogen) atoms. The fourth-order valence-corrected chi connectivity index (χ4v) is 2.59. The summed E-state index contributed by atoms with van der Waals surface area (Å²) in [5, 5.41) is 6.41. The molecule has 0 radical (unpaired) electrons. The summed E-state index contributed by atoms with van der Waals surface area (Å²) in [6.45, 7) is 6.29. The van der Waals surface area contributed by atoms with Crippen molar-refractivity contribution in [3.05, 3.63) is 59.4 Å². The van der Waals surface area contributed by atoms with Gasteiger partial charge in [-0.05, 0) is 47.7 Å². The molecule has 1 aliphatic heterocycles. The molecule has 0 unspecified atom stereocenters. The number of nitrogens with zero attached hydrogens (tertiary/aromatic N) is 1. The van der Waals surface area contributed by atoms with Gasteiger partial charge in [-0.2, -0.15) is 0 Å². The molecule has 0 atom stereocenters. The number of rotatable bonds is 6. The van der Waals surface area contributed by atoms with E-state index in [0.717, 1.165) is 35.9 Å². The van der Waals surface area contributed by atoms with Crippen LogP contribution in [0.15, 0.2) is 47.5 Å². The van der Waals surface area contributed by atoms with Crippen LogP contribution in [0.2, 0.25) is 0 Å². The van der Waals surface area contributed by atoms with Crippen LogP contribution < -0.4 is 15.4 Å². The smallest absolute Gasteiger partial charge is 0.195 e. The van der Waals surface area contributed by atoms with Gasteiger partial charge in [-0.3, -0.25) is 4.99 Å². The van der Waals surface area contributed by atoms with E-state index in [0.29, 0.717) is 24.7 Å². The molecule has 5 heteroatoms. The van der Waals surface area contributed by atoms with Gasteiger partial charge in [0.05, 0.1) is 13.2 Å². The number of hydrogen-bond acceptors (Lipinski definition) is 4. The van der Waals surface area contributed by atoms with Crippen LogP contribution in [0.3, 0.4) is 0 Å². The highest BCUT2D eigenvalue weighted by atomic mass is 19.1. The lowest BCUT2D eigenvalue weighted by Gasteiger charge is -2.11. The third kappa shape index (κ3) is 4.95. The number of ether oxygens (including phenoxy) is 1. The first kappa shape index (κ1) is 17.3. The second-order valence-electron chi connectivity index (χ2n) is 6.63. The standard InChI is InChI=1S/C20H24FN3O/c1-14(2)13-25-19-8-5-16(12-18(19)21)11-15-3-6-17(7-4-15)24-20-22-9-10-23-20/h3-8,12,14H,9-11,13H2,1-2H3,(H2,22,23,24). The van der Waals surface area contributed by atoms with Crippen molar-refractivity contribution in [2.75, 3.05) is 25.0 Å². The van der Waals surface area contributed by atoms with Crippen LogP contribution in [-0.2, 0) is 6.42 Å². The van der Waals surface area contributed by atoms with Crippen LogP contribution >= 0.6 is 0 Å². The summed E-state index contributed by atoms with van der Waals surface area (Å²) in [5.74, 6) is 1.20. The van der Waals surface area contributed by atoms with Crippen LogP contribution in [0.1, 0.15) is 25.0 Å². The van der Waals surface area contributed by atoms with E-state index in [1.54, 1.807) is 12.1 Å². The van der Waals surface area contributed by atoms with Gasteiger partial charge in [-0.1, -0.05) is 32.0 Å². The predicted molar refractivity (Wildman–Crippen MR) is 99.9 cm³/mol. The van der Waals surface area contributed by atoms with Crippen LogP contribution in [0.4, 0.5) is 10.1 Å². The minimum absolute atomic E-state index is 0.304. The van der Waals surface area contributed by atoms with Gasteiger partial charge in [0.1, 0.15) is 0 Å². The minimum Gasteiger partial charge on any atom is -0.490 e. The van der Waals surface area contributed by atoms with E-state index >= 15 is 0 Å². The highest BCUT2D eigenvalue weighted by Crippen LogP contribution is 2.21. The van der Waals surface area contributed by atoms with E-state index in [-0.39, 0.29) is 5.82 Å². The summed E-state index contributed by atoms with van der Waals surface area (Å²) >= 11 is 0. The first-order valence-electron chi connectivity index (χ1n) is 8.65. The van der Waals surface area contributed by atoms with Crippen molar-refractivity contribution in [1.29, 1.82) is 0 Å². The Hall–Kier alpha value is -2.56. The molecular formula is C20H24FN3O. The highest BCUT2D eigenvalue weighted by molar-refractivity contribution is 5.94. The summed E-state index contributed by atoms with van der Waals surface area (Å²) in [6.07, 6.45) is 0.681. The summed E-state index contributed by atoms with van der Waals surface area (Å²) < 4.78 is 19.6. The fourth-order valence-electron chi connectivity index (χ4n) is 2.59. The molecule has 4 nitrogen and oxygen atoms in total. The SMILES string of the molecule is CC(C)COc1ccc(Cc2ccc(NC3=NCCN3)cc2)cc1F. The van der Waals surface area contributed by atoms with E-state index in [9.17, 15) is 4.39 Å². The number of nitrogens with one attached hydrogen (secondary N) is 2. The predicted octanol–water partition coefficient (Wildman–Crippen LogP) is 3.82. The molecule has 2 aromatic rings. The lowest BCUT2D eigenvalue weighted by molar-refractivity contribution is 0.259. The maximum absolute atomic E-state index is 14.1. The molecule has 0 fully saturated rings. The first-order chi connectivity index (χ1) is 12.1. The average Bonchev–Trinajstić information content (AvgIpc) is 3.09. The zero-order chi connectivity index (χ0) is 17.6. The Balaban J connectivity index is 1.60. The lowest BCUT2D eigenvalue weighted by Crippen LogP contribution is -2.26. The molecule has 0 saturated heterocycles. The van der Waals surface area contributed by atoms with E-state index in [4.69, 9.17) is 4.74 Å². The molecule has 0 spiro atoms. The summed E-state index contributed by atoms with van der Waals surface area (Å²) in [6, 6.07) is 13.3. The van der Waals surface area contributed by atoms with Crippen molar-refractivity contribution in [3.8, 4) is 5.75 Å². The summed E-state index contributed by atoms with van der Waals surface area (Å²) in [7, 11) is 0. The van der Waals surface area contributed by atoms with E-state index in [1.807, 2.05) is 44.2 Å². The normalized spacial score (nSPS) is 13.5. The number of hydrogen-bond donors (Lipinski definition) is 2. The zero-order valence-corrected chi connectivity index (χ0v) is 14.7. The number of aliphatic imine (C=N–C) groups is 1. The Labute approximate surface area is 148 Å². The molecule has 0 aromatic heterocycles. The second kappa shape index (κ2) is 8.01. The Morgan fingerprint density at radius 3 is 2.56 bits per heavy atom. The van der Waals surface area contributed by atoms with Crippen molar-refractivity contribution < 1.29 is 9.13 Å². The van der Waals surface area contributed by atoms with E-state index < -0.39 is 0 Å². The largest absolute Gasteiger partial charge is 0.490 e. The molecule has 0 saturated carbocycles. The number of anilines is 1. The Kier molecular flexibility index (Phi) is 5.53. The minimum atomic E-state index is -0.304. The molecule has 2 aromatic carbocycles. The molecule has 3 rings (SSSR count). The van der Waals surface area contributed by atoms with Gasteiger partial charge in [0.15, 0.2) is 17.5 Å². The van der Waals surface area contributed by atoms with Gasteiger partial charge in [-0.25, -0.2) is 4.39 Å². The summed E-state index contributed by atoms with van der Waals surface area (Å²) in [5.41, 5.74) is 3.04. The van der Waals surface area contributed by atoms with Gasteiger partial charge >= 0.3 is 0 Å². The lowest BCUT2D eigenvalue weighted by atomic mass is 10.0. The van der Waals surface area contributed by atoms with Gasteiger partial charge in [-0.15, -0.1) is 0 Å². The number of benzene rings is 2. The fraction of sp³-hybridized carbons (Fsp3) is 0.350. The van der Waals surface area contributed by atoms with Crippen molar-refractivity contribution in [2.24, 2.45) is 10.9 Å². The van der Waals surface area contributed by atoms with Crippen LogP contribution in [0.25, 0.3) is 0 Å². The monoisotopic (exact) mass is 341 g/mol. The Morgan fingerprint density at radius 1 is 1.16 bits per heavy atom. The number of guanidine groups is 1. The van der Waals surface area contributed by atoms with Gasteiger partial charge in [0.2, 0.25) is 0 Å². The van der Waals surface area contributed by atoms with Crippen LogP contribution in [0, 0.1) is 11.7 Å². The third-order valence-electron chi connectivity index (χ3n) is 3.87. The Bertz CT molecular complexity index is 741. The molecule has 0 bridgehead atoms. The maximum Gasteiger partial charge on any atom is 0.195 e. The van der Waals surface area contributed by atoms with Crippen molar-refractivity contribution >= 4 is 11.6 Å². The molecule has 132 valence electrons. The van der Waals surface area contributed by atoms with Crippen molar-refractivity contribution in [2.45, 2.75) is 20.3 Å². The van der Waals surface area contributed by atoms with E-state index in [1.165, 1.54) is 0 Å². The molecule has 1 aliphatic rings. The van der Waals surface area contributed by atoms with Crippen LogP contribution in [0.5, 0.6) is 5.75 Å². The quantitative estimate of drug-likeness (QED) is 0.839. The number of halogens is 1.